The van der Waals surface area contributed by atoms with E-state index in [1.54, 1.807) is 0 Å². The molecule has 2 bridgehead atoms. The van der Waals surface area contributed by atoms with Gasteiger partial charge in [-0.05, 0) is 57.3 Å². The van der Waals surface area contributed by atoms with E-state index in [9.17, 15) is 4.79 Å². The van der Waals surface area contributed by atoms with Crippen molar-refractivity contribution in [2.75, 3.05) is 0 Å². The monoisotopic (exact) mass is 222 g/mol. The van der Waals surface area contributed by atoms with Crippen molar-refractivity contribution in [1.82, 2.24) is 0 Å². The molecule has 0 N–H and O–H groups in total. The van der Waals surface area contributed by atoms with E-state index < -0.39 is 0 Å². The minimum absolute atomic E-state index is 0.118. The molecule has 16 heavy (non-hydrogen) atoms. The lowest BCUT2D eigenvalue weighted by atomic mass is 9.51. The average molecular weight is 222 g/mol. The number of hydrogen-bond donors (Lipinski definition) is 0. The van der Waals surface area contributed by atoms with Crippen molar-refractivity contribution < 1.29 is 4.79 Å². The predicted octanol–water partition coefficient (Wildman–Crippen LogP) is 4.50. The molecule has 92 valence electrons. The summed E-state index contributed by atoms with van der Waals surface area (Å²) in [5.74, 6) is 0.467. The number of fused-ring (bicyclic) bond motifs is 3. The highest BCUT2D eigenvalue weighted by molar-refractivity contribution is 5.82. The van der Waals surface area contributed by atoms with Gasteiger partial charge in [-0.2, -0.15) is 0 Å². The Morgan fingerprint density at radius 1 is 1.00 bits per heavy atom. The summed E-state index contributed by atoms with van der Waals surface area (Å²) in [5, 5.41) is 0. The van der Waals surface area contributed by atoms with Gasteiger partial charge in [-0.1, -0.05) is 26.2 Å². The summed E-state index contributed by atoms with van der Waals surface area (Å²) in [6.45, 7) is 4.09. The molecule has 0 unspecified atom stereocenters. The minimum Gasteiger partial charge on any atom is -0.299 e. The molecule has 1 heteroatoms. The first-order valence-electron chi connectivity index (χ1n) is 7.14. The molecular formula is C15H26O. The molecule has 3 aliphatic carbocycles. The maximum absolute atomic E-state index is 11.7. The fraction of sp³-hybridized carbons (Fsp3) is 0.933. The molecule has 0 radical (unpaired) electrons. The predicted molar refractivity (Wildman–Crippen MR) is 67.4 cm³/mol. The average Bonchev–Trinajstić information content (AvgIpc) is 2.31. The van der Waals surface area contributed by atoms with Crippen molar-refractivity contribution in [2.45, 2.75) is 78.1 Å². The Hall–Kier alpha value is -0.330. The number of ketones is 1. The van der Waals surface area contributed by atoms with Crippen LogP contribution in [0.4, 0.5) is 0 Å². The molecule has 0 saturated heterocycles. The molecule has 0 spiro atoms. The molecule has 3 rings (SSSR count). The van der Waals surface area contributed by atoms with Crippen LogP contribution in [0.3, 0.4) is 0 Å². The Kier molecular flexibility index (Phi) is 3.42. The van der Waals surface area contributed by atoms with Crippen molar-refractivity contribution in [3.63, 3.8) is 0 Å². The maximum atomic E-state index is 11.7. The lowest BCUT2D eigenvalue weighted by molar-refractivity contribution is -0.136. The molecule has 3 fully saturated rings. The molecule has 3 aliphatic rings. The largest absolute Gasteiger partial charge is 0.299 e. The van der Waals surface area contributed by atoms with E-state index in [-0.39, 0.29) is 5.41 Å². The van der Waals surface area contributed by atoms with Crippen molar-refractivity contribution in [3.05, 3.63) is 0 Å². The van der Waals surface area contributed by atoms with Gasteiger partial charge in [-0.3, -0.25) is 4.79 Å². The quantitative estimate of drug-likeness (QED) is 0.626. The van der Waals surface area contributed by atoms with Gasteiger partial charge in [-0.25, -0.2) is 0 Å². The van der Waals surface area contributed by atoms with Crippen LogP contribution in [-0.2, 0) is 4.79 Å². The lowest BCUT2D eigenvalue weighted by Gasteiger charge is -2.52. The van der Waals surface area contributed by atoms with Crippen molar-refractivity contribution in [3.8, 4) is 0 Å². The third-order valence-electron chi connectivity index (χ3n) is 5.46. The Morgan fingerprint density at radius 3 is 2.00 bits per heavy atom. The second kappa shape index (κ2) is 4.50. The van der Waals surface area contributed by atoms with Crippen LogP contribution in [0.15, 0.2) is 0 Å². The van der Waals surface area contributed by atoms with E-state index in [4.69, 9.17) is 0 Å². The van der Waals surface area contributed by atoms with Crippen LogP contribution in [-0.4, -0.2) is 5.78 Å². The number of rotatable bonds is 5. The van der Waals surface area contributed by atoms with Gasteiger partial charge >= 0.3 is 0 Å². The molecule has 1 nitrogen and oxygen atoms in total. The third-order valence-corrected chi connectivity index (χ3v) is 5.46. The van der Waals surface area contributed by atoms with E-state index in [0.29, 0.717) is 11.2 Å². The number of carbonyl (C=O) groups is 1. The smallest absolute Gasteiger partial charge is 0.135 e. The van der Waals surface area contributed by atoms with Gasteiger partial charge in [0.05, 0.1) is 0 Å². The Morgan fingerprint density at radius 2 is 1.56 bits per heavy atom. The first-order valence-corrected chi connectivity index (χ1v) is 7.14. The number of unbranched alkanes of at least 4 members (excludes halogenated alkanes) is 2. The second-order valence-electron chi connectivity index (χ2n) is 6.29. The Balaban J connectivity index is 1.92. The van der Waals surface area contributed by atoms with E-state index in [0.717, 1.165) is 0 Å². The highest BCUT2D eigenvalue weighted by Gasteiger charge is 2.50. The molecule has 0 aromatic carbocycles. The molecular weight excluding hydrogens is 196 g/mol. The summed E-state index contributed by atoms with van der Waals surface area (Å²) < 4.78 is 0. The van der Waals surface area contributed by atoms with Gasteiger partial charge in [0.15, 0.2) is 0 Å². The van der Waals surface area contributed by atoms with Crippen molar-refractivity contribution >= 4 is 5.78 Å². The van der Waals surface area contributed by atoms with Crippen LogP contribution >= 0.6 is 0 Å². The van der Waals surface area contributed by atoms with Crippen LogP contribution < -0.4 is 0 Å². The van der Waals surface area contributed by atoms with Crippen LogP contribution in [0.1, 0.15) is 78.1 Å². The van der Waals surface area contributed by atoms with Gasteiger partial charge in [-0.15, -0.1) is 0 Å². The number of carbonyl (C=O) groups excluding carboxylic acids is 1. The normalized spacial score (nSPS) is 37.6. The van der Waals surface area contributed by atoms with Crippen molar-refractivity contribution in [2.24, 2.45) is 10.8 Å². The van der Waals surface area contributed by atoms with E-state index in [1.165, 1.54) is 64.2 Å². The summed E-state index contributed by atoms with van der Waals surface area (Å²) in [6, 6.07) is 0. The molecule has 0 aliphatic heterocycles. The van der Waals surface area contributed by atoms with Crippen LogP contribution in [0.2, 0.25) is 0 Å². The maximum Gasteiger partial charge on any atom is 0.135 e. The summed E-state index contributed by atoms with van der Waals surface area (Å²) in [7, 11) is 0. The van der Waals surface area contributed by atoms with E-state index >= 15 is 0 Å². The van der Waals surface area contributed by atoms with Gasteiger partial charge in [0, 0.05) is 5.41 Å². The van der Waals surface area contributed by atoms with Crippen LogP contribution in [0.25, 0.3) is 0 Å². The molecule has 0 aromatic rings. The summed E-state index contributed by atoms with van der Waals surface area (Å²) >= 11 is 0. The number of Topliss-reactive ketones (excluding diaryl/α,β-unsaturated/α-hetero) is 1. The summed E-state index contributed by atoms with van der Waals surface area (Å²) in [4.78, 5) is 11.7. The number of hydrogen-bond acceptors (Lipinski definition) is 1. The third kappa shape index (κ3) is 2.06. The topological polar surface area (TPSA) is 17.1 Å². The molecule has 0 heterocycles. The zero-order valence-corrected chi connectivity index (χ0v) is 11.0. The van der Waals surface area contributed by atoms with Gasteiger partial charge in [0.25, 0.3) is 0 Å². The highest BCUT2D eigenvalue weighted by atomic mass is 16.1. The van der Waals surface area contributed by atoms with Crippen molar-refractivity contribution in [1.29, 1.82) is 0 Å². The Bertz CT molecular complexity index is 242. The SMILES string of the molecule is CCCCCC12CCC(C(C)=O)(CC1)CC2. The van der Waals surface area contributed by atoms with Gasteiger partial charge in [0.1, 0.15) is 5.78 Å². The zero-order valence-electron chi connectivity index (χ0n) is 11.0. The van der Waals surface area contributed by atoms with Crippen LogP contribution in [0.5, 0.6) is 0 Å². The standard InChI is InChI=1S/C15H26O/c1-3-4-5-6-14-7-10-15(11-8-14,12-9-14)13(2)16/h3-12H2,1-2H3. The van der Waals surface area contributed by atoms with Gasteiger partial charge in [0.2, 0.25) is 0 Å². The molecule has 3 saturated carbocycles. The Labute approximate surface area is 100.0 Å². The van der Waals surface area contributed by atoms with E-state index in [2.05, 4.69) is 6.92 Å². The van der Waals surface area contributed by atoms with E-state index in [1.807, 2.05) is 6.92 Å². The van der Waals surface area contributed by atoms with Gasteiger partial charge < -0.3 is 0 Å². The minimum atomic E-state index is 0.118. The lowest BCUT2D eigenvalue weighted by Crippen LogP contribution is -2.45. The molecule has 0 amide bonds. The fourth-order valence-electron chi connectivity index (χ4n) is 3.92. The van der Waals surface area contributed by atoms with Crippen LogP contribution in [0, 0.1) is 10.8 Å². The first-order chi connectivity index (χ1) is 7.63. The molecule has 0 aromatic heterocycles. The summed E-state index contributed by atoms with van der Waals surface area (Å²) in [6.07, 6.45) is 13.1. The second-order valence-corrected chi connectivity index (χ2v) is 6.29. The zero-order chi connectivity index (χ0) is 11.6. The summed E-state index contributed by atoms with van der Waals surface area (Å²) in [5.41, 5.74) is 0.763. The molecule has 0 atom stereocenters. The first kappa shape index (κ1) is 12.1. The fourth-order valence-corrected chi connectivity index (χ4v) is 3.92. The highest BCUT2D eigenvalue weighted by Crippen LogP contribution is 2.59.